The summed E-state index contributed by atoms with van der Waals surface area (Å²) in [7, 11) is 2.13. The van der Waals surface area contributed by atoms with E-state index in [-0.39, 0.29) is 5.54 Å². The number of rotatable bonds is 3. The number of anilines is 1. The minimum Gasteiger partial charge on any atom is -0.336 e. The Balaban J connectivity index is 1.90. The summed E-state index contributed by atoms with van der Waals surface area (Å²) in [5.41, 5.74) is 0.0580. The standard InChI is InChI=1S/C12H23N5O/c1-12(2,3)13-9-10-14-11(15-18-10)17-7-5-16(4)6-8-17/h13H,5-9H2,1-4H3. The van der Waals surface area contributed by atoms with E-state index < -0.39 is 0 Å². The lowest BCUT2D eigenvalue weighted by molar-refractivity contribution is 0.307. The first-order valence-electron chi connectivity index (χ1n) is 6.45. The Morgan fingerprint density at radius 2 is 1.89 bits per heavy atom. The Hall–Kier alpha value is -1.14. The van der Waals surface area contributed by atoms with E-state index >= 15 is 0 Å². The Kier molecular flexibility index (Phi) is 3.87. The maximum absolute atomic E-state index is 5.26. The molecule has 0 unspecified atom stereocenters. The average Bonchev–Trinajstić information content (AvgIpc) is 2.75. The maximum Gasteiger partial charge on any atom is 0.266 e. The molecule has 6 heteroatoms. The van der Waals surface area contributed by atoms with Crippen LogP contribution >= 0.6 is 0 Å². The van der Waals surface area contributed by atoms with E-state index in [2.05, 4.69) is 53.1 Å². The second-order valence-corrected chi connectivity index (χ2v) is 5.88. The van der Waals surface area contributed by atoms with Crippen LogP contribution in [0.2, 0.25) is 0 Å². The summed E-state index contributed by atoms with van der Waals surface area (Å²) in [6, 6.07) is 0. The maximum atomic E-state index is 5.26. The minimum atomic E-state index is 0.0580. The number of hydrogen-bond acceptors (Lipinski definition) is 6. The molecular formula is C12H23N5O. The normalized spacial score (nSPS) is 18.3. The molecule has 102 valence electrons. The highest BCUT2D eigenvalue weighted by Crippen LogP contribution is 2.12. The SMILES string of the molecule is CN1CCN(c2noc(CNC(C)(C)C)n2)CC1. The second kappa shape index (κ2) is 5.24. The van der Waals surface area contributed by atoms with E-state index in [0.717, 1.165) is 26.2 Å². The van der Waals surface area contributed by atoms with Crippen molar-refractivity contribution in [1.29, 1.82) is 0 Å². The van der Waals surface area contributed by atoms with Gasteiger partial charge in [-0.15, -0.1) is 0 Å². The van der Waals surface area contributed by atoms with E-state index in [9.17, 15) is 0 Å². The molecule has 1 N–H and O–H groups in total. The molecule has 1 saturated heterocycles. The van der Waals surface area contributed by atoms with Crippen LogP contribution in [0.3, 0.4) is 0 Å². The molecule has 1 aliphatic rings. The quantitative estimate of drug-likeness (QED) is 0.856. The van der Waals surface area contributed by atoms with E-state index in [0.29, 0.717) is 18.4 Å². The fraction of sp³-hybridized carbons (Fsp3) is 0.833. The molecule has 0 spiro atoms. The minimum absolute atomic E-state index is 0.0580. The molecule has 0 amide bonds. The molecule has 0 saturated carbocycles. The molecule has 6 nitrogen and oxygen atoms in total. The first kappa shape index (κ1) is 13.3. The predicted octanol–water partition coefficient (Wildman–Crippen LogP) is 0.709. The Morgan fingerprint density at radius 3 is 2.50 bits per heavy atom. The van der Waals surface area contributed by atoms with Crippen LogP contribution in [0.15, 0.2) is 4.52 Å². The van der Waals surface area contributed by atoms with Crippen LogP contribution in [0.1, 0.15) is 26.7 Å². The zero-order chi connectivity index (χ0) is 13.2. The van der Waals surface area contributed by atoms with Crippen LogP contribution in [0.4, 0.5) is 5.95 Å². The first-order valence-corrected chi connectivity index (χ1v) is 6.45. The van der Waals surface area contributed by atoms with Gasteiger partial charge in [0.15, 0.2) is 0 Å². The monoisotopic (exact) mass is 253 g/mol. The predicted molar refractivity (Wildman–Crippen MR) is 70.6 cm³/mol. The molecule has 2 heterocycles. The summed E-state index contributed by atoms with van der Waals surface area (Å²) in [4.78, 5) is 8.90. The van der Waals surface area contributed by atoms with Gasteiger partial charge in [0.25, 0.3) is 5.95 Å². The highest BCUT2D eigenvalue weighted by Gasteiger charge is 2.19. The third-order valence-electron chi connectivity index (χ3n) is 3.01. The lowest BCUT2D eigenvalue weighted by Crippen LogP contribution is -2.45. The van der Waals surface area contributed by atoms with Gasteiger partial charge in [0, 0.05) is 31.7 Å². The van der Waals surface area contributed by atoms with Crippen LogP contribution in [0.5, 0.6) is 0 Å². The van der Waals surface area contributed by atoms with Gasteiger partial charge >= 0.3 is 0 Å². The number of nitrogens with zero attached hydrogens (tertiary/aromatic N) is 4. The van der Waals surface area contributed by atoms with Gasteiger partial charge in [0.2, 0.25) is 5.89 Å². The summed E-state index contributed by atoms with van der Waals surface area (Å²) in [6.45, 7) is 11.0. The lowest BCUT2D eigenvalue weighted by atomic mass is 10.1. The van der Waals surface area contributed by atoms with Crippen LogP contribution in [0.25, 0.3) is 0 Å². The van der Waals surface area contributed by atoms with Crippen molar-refractivity contribution in [2.24, 2.45) is 0 Å². The van der Waals surface area contributed by atoms with Crippen molar-refractivity contribution in [3.63, 3.8) is 0 Å². The first-order chi connectivity index (χ1) is 8.44. The number of likely N-dealkylation sites (N-methyl/N-ethyl adjacent to an activating group) is 1. The van der Waals surface area contributed by atoms with Crippen LogP contribution in [0, 0.1) is 0 Å². The van der Waals surface area contributed by atoms with Gasteiger partial charge in [-0.25, -0.2) is 0 Å². The molecule has 0 aliphatic carbocycles. The van der Waals surface area contributed by atoms with Gasteiger partial charge < -0.3 is 19.6 Å². The summed E-state index contributed by atoms with van der Waals surface area (Å²) < 4.78 is 5.26. The average molecular weight is 253 g/mol. The Labute approximate surface area is 108 Å². The third kappa shape index (κ3) is 3.68. The Morgan fingerprint density at radius 1 is 1.22 bits per heavy atom. The molecule has 2 rings (SSSR count). The number of nitrogens with one attached hydrogen (secondary N) is 1. The highest BCUT2D eigenvalue weighted by molar-refractivity contribution is 5.28. The largest absolute Gasteiger partial charge is 0.336 e. The van der Waals surface area contributed by atoms with Gasteiger partial charge in [-0.3, -0.25) is 0 Å². The molecule has 0 aromatic carbocycles. The molecule has 0 radical (unpaired) electrons. The zero-order valence-electron chi connectivity index (χ0n) is 11.7. The Bertz CT molecular complexity index is 376. The van der Waals surface area contributed by atoms with Crippen LogP contribution in [-0.4, -0.2) is 53.8 Å². The van der Waals surface area contributed by atoms with Gasteiger partial charge in [0.05, 0.1) is 6.54 Å². The van der Waals surface area contributed by atoms with E-state index in [1.165, 1.54) is 0 Å². The smallest absolute Gasteiger partial charge is 0.266 e. The zero-order valence-corrected chi connectivity index (χ0v) is 11.7. The van der Waals surface area contributed by atoms with E-state index in [1.807, 2.05) is 0 Å². The summed E-state index contributed by atoms with van der Waals surface area (Å²) in [5, 5.41) is 7.39. The van der Waals surface area contributed by atoms with Gasteiger partial charge in [0.1, 0.15) is 0 Å². The van der Waals surface area contributed by atoms with Crippen molar-refractivity contribution < 1.29 is 4.52 Å². The number of aromatic nitrogens is 2. The van der Waals surface area contributed by atoms with Crippen LogP contribution < -0.4 is 10.2 Å². The van der Waals surface area contributed by atoms with Crippen molar-refractivity contribution in [2.75, 3.05) is 38.1 Å². The van der Waals surface area contributed by atoms with Crippen molar-refractivity contribution in [3.8, 4) is 0 Å². The second-order valence-electron chi connectivity index (χ2n) is 5.88. The molecule has 18 heavy (non-hydrogen) atoms. The molecule has 1 fully saturated rings. The van der Waals surface area contributed by atoms with Gasteiger partial charge in [-0.1, -0.05) is 0 Å². The van der Waals surface area contributed by atoms with Crippen molar-refractivity contribution >= 4 is 5.95 Å². The number of hydrogen-bond donors (Lipinski definition) is 1. The number of piperazine rings is 1. The third-order valence-corrected chi connectivity index (χ3v) is 3.01. The van der Waals surface area contributed by atoms with Crippen molar-refractivity contribution in [3.05, 3.63) is 5.89 Å². The fourth-order valence-corrected chi connectivity index (χ4v) is 1.79. The summed E-state index contributed by atoms with van der Waals surface area (Å²) in [6.07, 6.45) is 0. The van der Waals surface area contributed by atoms with Gasteiger partial charge in [-0.05, 0) is 33.0 Å². The molecular weight excluding hydrogens is 230 g/mol. The van der Waals surface area contributed by atoms with Crippen molar-refractivity contribution in [1.82, 2.24) is 20.4 Å². The summed E-state index contributed by atoms with van der Waals surface area (Å²) in [5.74, 6) is 1.37. The molecule has 0 bridgehead atoms. The van der Waals surface area contributed by atoms with E-state index in [4.69, 9.17) is 4.52 Å². The van der Waals surface area contributed by atoms with Gasteiger partial charge in [-0.2, -0.15) is 4.98 Å². The fourth-order valence-electron chi connectivity index (χ4n) is 1.79. The molecule has 1 aliphatic heterocycles. The molecule has 1 aromatic heterocycles. The molecule has 1 aromatic rings. The highest BCUT2D eigenvalue weighted by atomic mass is 16.5. The molecule has 0 atom stereocenters. The topological polar surface area (TPSA) is 57.4 Å². The van der Waals surface area contributed by atoms with Crippen molar-refractivity contribution in [2.45, 2.75) is 32.9 Å². The lowest BCUT2D eigenvalue weighted by Gasteiger charge is -2.31. The summed E-state index contributed by atoms with van der Waals surface area (Å²) >= 11 is 0. The van der Waals surface area contributed by atoms with E-state index in [1.54, 1.807) is 0 Å². The van der Waals surface area contributed by atoms with Crippen LogP contribution in [-0.2, 0) is 6.54 Å².